The van der Waals surface area contributed by atoms with Crippen LogP contribution in [0.4, 0.5) is 13.2 Å². The number of aliphatic imine (C=N–C) groups is 1. The molecule has 0 radical (unpaired) electrons. The van der Waals surface area contributed by atoms with Crippen LogP contribution in [0.25, 0.3) is 0 Å². The second-order valence-electron chi connectivity index (χ2n) is 6.01. The molecule has 1 fully saturated rings. The van der Waals surface area contributed by atoms with Gasteiger partial charge >= 0.3 is 6.18 Å². The Morgan fingerprint density at radius 3 is 2.71 bits per heavy atom. The van der Waals surface area contributed by atoms with E-state index in [1.54, 1.807) is 7.05 Å². The van der Waals surface area contributed by atoms with Gasteiger partial charge in [0.1, 0.15) is 12.4 Å². The van der Waals surface area contributed by atoms with E-state index in [4.69, 9.17) is 14.2 Å². The predicted molar refractivity (Wildman–Crippen MR) is 112 cm³/mol. The van der Waals surface area contributed by atoms with Gasteiger partial charge in [0.05, 0.1) is 24.8 Å². The van der Waals surface area contributed by atoms with Crippen LogP contribution in [0, 0.1) is 0 Å². The summed E-state index contributed by atoms with van der Waals surface area (Å²) < 4.78 is 54.3. The maximum absolute atomic E-state index is 12.7. The van der Waals surface area contributed by atoms with Crippen LogP contribution >= 0.6 is 24.0 Å². The van der Waals surface area contributed by atoms with E-state index in [9.17, 15) is 13.2 Å². The van der Waals surface area contributed by atoms with Crippen LogP contribution in [0.1, 0.15) is 18.4 Å². The van der Waals surface area contributed by atoms with E-state index < -0.39 is 11.7 Å². The van der Waals surface area contributed by atoms with Crippen LogP contribution in [0.5, 0.6) is 5.75 Å². The third-order valence-electron chi connectivity index (χ3n) is 3.90. The molecule has 0 aromatic heterocycles. The van der Waals surface area contributed by atoms with Gasteiger partial charge in [0.25, 0.3) is 0 Å². The number of hydrogen-bond donors (Lipinski definition) is 2. The van der Waals surface area contributed by atoms with Gasteiger partial charge in [-0.1, -0.05) is 6.07 Å². The van der Waals surface area contributed by atoms with E-state index in [2.05, 4.69) is 15.6 Å². The van der Waals surface area contributed by atoms with Crippen molar-refractivity contribution < 1.29 is 27.4 Å². The normalized spacial score (nSPS) is 17.1. The summed E-state index contributed by atoms with van der Waals surface area (Å²) in [7, 11) is 1.65. The zero-order valence-electron chi connectivity index (χ0n) is 15.8. The molecule has 6 nitrogen and oxygen atoms in total. The third kappa shape index (κ3) is 9.28. The molecular weight excluding hydrogens is 490 g/mol. The highest BCUT2D eigenvalue weighted by Crippen LogP contribution is 2.31. The largest absolute Gasteiger partial charge is 0.492 e. The minimum Gasteiger partial charge on any atom is -0.492 e. The van der Waals surface area contributed by atoms with E-state index in [1.807, 2.05) is 0 Å². The molecule has 0 bridgehead atoms. The van der Waals surface area contributed by atoms with Crippen LogP contribution in [-0.4, -0.2) is 58.6 Å². The number of benzene rings is 1. The zero-order valence-corrected chi connectivity index (χ0v) is 18.1. The number of guanidine groups is 1. The standard InChI is InChI=1S/C18H26F3N3O3.HI/c1-22-17(23-7-3-9-26-16-6-10-25-13-16)24-8-11-27-15-5-2-4-14(12-15)18(19,20)21;/h2,4-5,12,16H,3,6-11,13H2,1H3,(H2,22,23,24);1H. The predicted octanol–water partition coefficient (Wildman–Crippen LogP) is 3.06. The van der Waals surface area contributed by atoms with Crippen molar-refractivity contribution in [1.82, 2.24) is 10.6 Å². The first-order chi connectivity index (χ1) is 13.0. The highest BCUT2D eigenvalue weighted by molar-refractivity contribution is 14.0. The van der Waals surface area contributed by atoms with Gasteiger partial charge < -0.3 is 24.8 Å². The lowest BCUT2D eigenvalue weighted by atomic mass is 10.2. The number of ether oxygens (including phenoxy) is 3. The Kier molecular flexibility index (Phi) is 11.5. The van der Waals surface area contributed by atoms with E-state index in [1.165, 1.54) is 12.1 Å². The fourth-order valence-electron chi connectivity index (χ4n) is 2.49. The molecular formula is C18H27F3IN3O3. The molecule has 2 rings (SSSR count). The van der Waals surface area contributed by atoms with Gasteiger partial charge in [0, 0.05) is 26.8 Å². The molecule has 10 heteroatoms. The van der Waals surface area contributed by atoms with Crippen molar-refractivity contribution in [2.75, 3.05) is 46.6 Å². The first-order valence-electron chi connectivity index (χ1n) is 8.93. The number of rotatable bonds is 9. The van der Waals surface area contributed by atoms with Gasteiger partial charge in [-0.15, -0.1) is 24.0 Å². The molecule has 1 saturated heterocycles. The van der Waals surface area contributed by atoms with E-state index in [0.717, 1.165) is 31.6 Å². The number of halogens is 4. The van der Waals surface area contributed by atoms with E-state index in [0.29, 0.717) is 32.3 Å². The van der Waals surface area contributed by atoms with Crippen molar-refractivity contribution in [3.8, 4) is 5.75 Å². The van der Waals surface area contributed by atoms with Crippen molar-refractivity contribution in [3.05, 3.63) is 29.8 Å². The van der Waals surface area contributed by atoms with Crippen molar-refractivity contribution in [3.63, 3.8) is 0 Å². The molecule has 1 aliphatic heterocycles. The molecule has 160 valence electrons. The third-order valence-corrected chi connectivity index (χ3v) is 3.90. The van der Waals surface area contributed by atoms with E-state index in [-0.39, 0.29) is 42.4 Å². The topological polar surface area (TPSA) is 64.1 Å². The SMILES string of the molecule is CN=C(NCCCOC1CCOC1)NCCOc1cccc(C(F)(F)F)c1.I. The Balaban J connectivity index is 0.00000392. The summed E-state index contributed by atoms with van der Waals surface area (Å²) in [6.07, 6.45) is -2.39. The molecule has 1 atom stereocenters. The van der Waals surface area contributed by atoms with E-state index >= 15 is 0 Å². The van der Waals surface area contributed by atoms with Gasteiger partial charge in [-0.2, -0.15) is 13.2 Å². The maximum Gasteiger partial charge on any atom is 0.416 e. The lowest BCUT2D eigenvalue weighted by Gasteiger charge is -2.14. The van der Waals surface area contributed by atoms with Crippen molar-refractivity contribution in [1.29, 1.82) is 0 Å². The van der Waals surface area contributed by atoms with Crippen molar-refractivity contribution in [2.45, 2.75) is 25.1 Å². The summed E-state index contributed by atoms with van der Waals surface area (Å²) in [4.78, 5) is 4.08. The molecule has 1 heterocycles. The average Bonchev–Trinajstić information content (AvgIpc) is 3.16. The fraction of sp³-hybridized carbons (Fsp3) is 0.611. The summed E-state index contributed by atoms with van der Waals surface area (Å²) >= 11 is 0. The average molecular weight is 517 g/mol. The zero-order chi connectivity index (χ0) is 19.5. The van der Waals surface area contributed by atoms with Gasteiger partial charge in [-0.05, 0) is 31.0 Å². The number of nitrogens with zero attached hydrogens (tertiary/aromatic N) is 1. The maximum atomic E-state index is 12.7. The van der Waals surface area contributed by atoms with Gasteiger partial charge in [-0.3, -0.25) is 4.99 Å². The quantitative estimate of drug-likeness (QED) is 0.228. The molecule has 1 unspecified atom stereocenters. The lowest BCUT2D eigenvalue weighted by Crippen LogP contribution is -2.40. The molecule has 0 aliphatic carbocycles. The molecule has 0 spiro atoms. The minimum atomic E-state index is -4.38. The lowest BCUT2D eigenvalue weighted by molar-refractivity contribution is -0.137. The number of hydrogen-bond acceptors (Lipinski definition) is 4. The molecule has 1 aromatic carbocycles. The first kappa shape index (κ1) is 24.8. The van der Waals surface area contributed by atoms with Crippen LogP contribution in [0.3, 0.4) is 0 Å². The Labute approximate surface area is 180 Å². The Bertz CT molecular complexity index is 597. The summed E-state index contributed by atoms with van der Waals surface area (Å²) in [5.41, 5.74) is -0.725. The van der Waals surface area contributed by atoms with Crippen LogP contribution in [-0.2, 0) is 15.7 Å². The second-order valence-corrected chi connectivity index (χ2v) is 6.01. The monoisotopic (exact) mass is 517 g/mol. The fourth-order valence-corrected chi connectivity index (χ4v) is 2.49. The first-order valence-corrected chi connectivity index (χ1v) is 8.93. The van der Waals surface area contributed by atoms with Crippen molar-refractivity contribution >= 4 is 29.9 Å². The van der Waals surface area contributed by atoms with Gasteiger partial charge in [-0.25, -0.2) is 0 Å². The molecule has 28 heavy (non-hydrogen) atoms. The number of alkyl halides is 3. The summed E-state index contributed by atoms with van der Waals surface area (Å²) in [6.45, 7) is 3.40. The van der Waals surface area contributed by atoms with Crippen LogP contribution in [0.2, 0.25) is 0 Å². The molecule has 0 amide bonds. The Morgan fingerprint density at radius 1 is 1.25 bits per heavy atom. The van der Waals surface area contributed by atoms with Crippen LogP contribution in [0.15, 0.2) is 29.3 Å². The number of nitrogens with one attached hydrogen (secondary N) is 2. The van der Waals surface area contributed by atoms with Gasteiger partial charge in [0.2, 0.25) is 0 Å². The Hall–Kier alpha value is -1.27. The Morgan fingerprint density at radius 2 is 2.04 bits per heavy atom. The smallest absolute Gasteiger partial charge is 0.416 e. The van der Waals surface area contributed by atoms with Gasteiger partial charge in [0.15, 0.2) is 5.96 Å². The summed E-state index contributed by atoms with van der Waals surface area (Å²) in [5.74, 6) is 0.787. The van der Waals surface area contributed by atoms with Crippen LogP contribution < -0.4 is 15.4 Å². The second kappa shape index (κ2) is 13.0. The van der Waals surface area contributed by atoms with Crippen molar-refractivity contribution in [2.24, 2.45) is 4.99 Å². The minimum absolute atomic E-state index is 0. The summed E-state index contributed by atoms with van der Waals surface area (Å²) in [5, 5.41) is 6.19. The summed E-state index contributed by atoms with van der Waals surface area (Å²) in [6, 6.07) is 4.83. The molecule has 1 aromatic rings. The molecule has 2 N–H and O–H groups in total. The highest BCUT2D eigenvalue weighted by Gasteiger charge is 2.30. The highest BCUT2D eigenvalue weighted by atomic mass is 127. The molecule has 1 aliphatic rings. The molecule has 0 saturated carbocycles.